The molecule has 6 nitrogen and oxygen atoms in total. The number of ether oxygens (including phenoxy) is 1. The Balaban J connectivity index is 1.83. The van der Waals surface area contributed by atoms with E-state index in [0.29, 0.717) is 12.4 Å². The van der Waals surface area contributed by atoms with Gasteiger partial charge in [0, 0.05) is 11.4 Å². The van der Waals surface area contributed by atoms with E-state index >= 15 is 0 Å². The number of amides is 1. The number of rotatable bonds is 11. The molecule has 3 rings (SSSR count). The van der Waals surface area contributed by atoms with Gasteiger partial charge in [-0.05, 0) is 61.6 Å². The monoisotopic (exact) mass is 532 g/mol. The van der Waals surface area contributed by atoms with Gasteiger partial charge in [-0.25, -0.2) is 8.42 Å². The lowest BCUT2D eigenvalue weighted by Gasteiger charge is -2.23. The van der Waals surface area contributed by atoms with Crippen LogP contribution in [0.1, 0.15) is 31.0 Å². The smallest absolute Gasteiger partial charge is 0.243 e. The van der Waals surface area contributed by atoms with E-state index in [2.05, 4.69) is 5.32 Å². The molecular formula is C26H29ClN2O4S2. The van der Waals surface area contributed by atoms with Crippen LogP contribution in [0.5, 0.6) is 5.75 Å². The highest BCUT2D eigenvalue weighted by molar-refractivity contribution is 7.98. The van der Waals surface area contributed by atoms with Crippen LogP contribution >= 0.6 is 23.4 Å². The first-order valence-corrected chi connectivity index (χ1v) is 14.2. The normalized spacial score (nSPS) is 12.4. The second kappa shape index (κ2) is 12.4. The van der Waals surface area contributed by atoms with Gasteiger partial charge in [-0.2, -0.15) is 4.31 Å². The molecule has 35 heavy (non-hydrogen) atoms. The molecule has 1 atom stereocenters. The van der Waals surface area contributed by atoms with E-state index in [-0.39, 0.29) is 29.0 Å². The van der Waals surface area contributed by atoms with Gasteiger partial charge in [0.25, 0.3) is 0 Å². The predicted molar refractivity (Wildman–Crippen MR) is 141 cm³/mol. The molecule has 3 aromatic rings. The fourth-order valence-corrected chi connectivity index (χ4v) is 5.62. The number of hydrogen-bond donors (Lipinski definition) is 1. The Morgan fingerprint density at radius 2 is 1.77 bits per heavy atom. The summed E-state index contributed by atoms with van der Waals surface area (Å²) >= 11 is 7.89. The van der Waals surface area contributed by atoms with Crippen LogP contribution in [0.15, 0.2) is 82.6 Å². The van der Waals surface area contributed by atoms with Gasteiger partial charge in [-0.1, -0.05) is 54.1 Å². The molecule has 0 fully saturated rings. The first-order chi connectivity index (χ1) is 16.7. The zero-order valence-corrected chi connectivity index (χ0v) is 22.3. The maximum absolute atomic E-state index is 13.6. The lowest BCUT2D eigenvalue weighted by atomic mass is 10.1. The number of carbonyl (C=O) groups excluding carboxylic acids is 1. The molecule has 0 saturated heterocycles. The number of nitrogens with zero attached hydrogens (tertiary/aromatic N) is 1. The van der Waals surface area contributed by atoms with Crippen molar-refractivity contribution in [3.8, 4) is 5.75 Å². The van der Waals surface area contributed by atoms with Gasteiger partial charge in [-0.15, -0.1) is 11.8 Å². The molecule has 0 saturated carbocycles. The van der Waals surface area contributed by atoms with Crippen LogP contribution in [0.25, 0.3) is 0 Å². The van der Waals surface area contributed by atoms with E-state index in [0.717, 1.165) is 20.3 Å². The predicted octanol–water partition coefficient (Wildman–Crippen LogP) is 5.53. The van der Waals surface area contributed by atoms with E-state index in [1.807, 2.05) is 74.7 Å². The number of hydrogen-bond acceptors (Lipinski definition) is 5. The summed E-state index contributed by atoms with van der Waals surface area (Å²) in [5.74, 6) is 0.00441. The quantitative estimate of drug-likeness (QED) is 0.329. The summed E-state index contributed by atoms with van der Waals surface area (Å²) in [6.45, 7) is 3.80. The van der Waals surface area contributed by atoms with Crippen LogP contribution in [0.2, 0.25) is 5.02 Å². The molecule has 0 unspecified atom stereocenters. The van der Waals surface area contributed by atoms with Crippen molar-refractivity contribution in [3.63, 3.8) is 0 Å². The Hall–Kier alpha value is -2.52. The minimum absolute atomic E-state index is 0.00427. The van der Waals surface area contributed by atoms with Crippen LogP contribution in [0, 0.1) is 0 Å². The van der Waals surface area contributed by atoms with Gasteiger partial charge >= 0.3 is 0 Å². The van der Waals surface area contributed by atoms with Crippen molar-refractivity contribution < 1.29 is 17.9 Å². The third-order valence-electron chi connectivity index (χ3n) is 5.36. The molecule has 0 spiro atoms. The molecule has 9 heteroatoms. The molecule has 1 amide bonds. The van der Waals surface area contributed by atoms with Crippen molar-refractivity contribution in [1.29, 1.82) is 0 Å². The number of sulfonamides is 1. The highest BCUT2D eigenvalue weighted by Crippen LogP contribution is 2.29. The van der Waals surface area contributed by atoms with E-state index in [9.17, 15) is 13.2 Å². The van der Waals surface area contributed by atoms with Crippen LogP contribution in [0.4, 0.5) is 0 Å². The molecule has 0 aliphatic heterocycles. The molecule has 186 valence electrons. The van der Waals surface area contributed by atoms with Gasteiger partial charge in [0.1, 0.15) is 5.75 Å². The number of thioether (sulfide) groups is 1. The Labute approximate surface area is 216 Å². The van der Waals surface area contributed by atoms with Crippen LogP contribution in [0.3, 0.4) is 0 Å². The molecule has 0 heterocycles. The van der Waals surface area contributed by atoms with Crippen molar-refractivity contribution in [3.05, 3.63) is 88.9 Å². The first kappa shape index (κ1) is 27.1. The van der Waals surface area contributed by atoms with Crippen molar-refractivity contribution >= 4 is 39.3 Å². The Morgan fingerprint density at radius 1 is 1.09 bits per heavy atom. The van der Waals surface area contributed by atoms with Gasteiger partial charge in [-0.3, -0.25) is 4.79 Å². The lowest BCUT2D eigenvalue weighted by molar-refractivity contribution is -0.122. The summed E-state index contributed by atoms with van der Waals surface area (Å²) in [7, 11) is -4.03. The summed E-state index contributed by atoms with van der Waals surface area (Å²) < 4.78 is 33.7. The minimum Gasteiger partial charge on any atom is -0.492 e. The van der Waals surface area contributed by atoms with Gasteiger partial charge in [0.05, 0.1) is 29.1 Å². The van der Waals surface area contributed by atoms with Crippen molar-refractivity contribution in [2.45, 2.75) is 36.2 Å². The van der Waals surface area contributed by atoms with E-state index < -0.39 is 15.9 Å². The summed E-state index contributed by atoms with van der Waals surface area (Å²) in [4.78, 5) is 14.1. The molecular weight excluding hydrogens is 504 g/mol. The van der Waals surface area contributed by atoms with E-state index in [4.69, 9.17) is 16.3 Å². The minimum atomic E-state index is -4.03. The third kappa shape index (κ3) is 7.24. The number of carbonyl (C=O) groups is 1. The largest absolute Gasteiger partial charge is 0.492 e. The Bertz CT molecular complexity index is 1240. The first-order valence-electron chi connectivity index (χ1n) is 11.1. The van der Waals surface area contributed by atoms with Crippen molar-refractivity contribution in [2.24, 2.45) is 0 Å². The standard InChI is InChI=1S/C26H29ClN2O4S2/c1-4-33-25-15-14-23(16-24(25)27)35(31,32)29(17-20-8-6-5-7-9-20)18-26(30)28-19(2)21-10-12-22(34-3)13-11-21/h5-16,19H,4,17-18H2,1-3H3,(H,28,30)/t19-/m0/s1. The highest BCUT2D eigenvalue weighted by atomic mass is 35.5. The molecule has 0 aliphatic rings. The molecule has 3 aromatic carbocycles. The number of halogens is 1. The SMILES string of the molecule is CCOc1ccc(S(=O)(=O)N(CC(=O)N[C@@H](C)c2ccc(SC)cc2)Cc2ccccc2)cc1Cl. The zero-order valence-electron chi connectivity index (χ0n) is 19.9. The third-order valence-corrected chi connectivity index (χ3v) is 8.18. The average molecular weight is 533 g/mol. The Kier molecular flexibility index (Phi) is 9.63. The lowest BCUT2D eigenvalue weighted by Crippen LogP contribution is -2.41. The van der Waals surface area contributed by atoms with E-state index in [1.54, 1.807) is 11.8 Å². The molecule has 1 N–H and O–H groups in total. The molecule has 0 radical (unpaired) electrons. The second-order valence-corrected chi connectivity index (χ2v) is 11.1. The van der Waals surface area contributed by atoms with Gasteiger partial charge < -0.3 is 10.1 Å². The zero-order chi connectivity index (χ0) is 25.4. The summed E-state index contributed by atoms with van der Waals surface area (Å²) in [5.41, 5.74) is 1.70. The summed E-state index contributed by atoms with van der Waals surface area (Å²) in [6.07, 6.45) is 2.00. The van der Waals surface area contributed by atoms with Crippen LogP contribution < -0.4 is 10.1 Å². The van der Waals surface area contributed by atoms with Crippen LogP contribution in [-0.4, -0.2) is 38.0 Å². The summed E-state index contributed by atoms with van der Waals surface area (Å²) in [6, 6.07) is 21.1. The van der Waals surface area contributed by atoms with Crippen LogP contribution in [-0.2, 0) is 21.4 Å². The highest BCUT2D eigenvalue weighted by Gasteiger charge is 2.28. The maximum Gasteiger partial charge on any atom is 0.243 e. The van der Waals surface area contributed by atoms with Gasteiger partial charge in [0.15, 0.2) is 0 Å². The second-order valence-electron chi connectivity index (χ2n) is 7.85. The average Bonchev–Trinajstić information content (AvgIpc) is 2.85. The number of benzene rings is 3. The van der Waals surface area contributed by atoms with Crippen molar-refractivity contribution in [2.75, 3.05) is 19.4 Å². The summed E-state index contributed by atoms with van der Waals surface area (Å²) in [5, 5.41) is 3.11. The number of nitrogens with one attached hydrogen (secondary N) is 1. The molecule has 0 bridgehead atoms. The molecule has 0 aromatic heterocycles. The topological polar surface area (TPSA) is 75.7 Å². The molecule has 0 aliphatic carbocycles. The van der Waals surface area contributed by atoms with Crippen molar-refractivity contribution in [1.82, 2.24) is 9.62 Å². The van der Waals surface area contributed by atoms with E-state index in [1.165, 1.54) is 18.2 Å². The fourth-order valence-electron chi connectivity index (χ4n) is 3.50. The van der Waals surface area contributed by atoms with Gasteiger partial charge in [0.2, 0.25) is 15.9 Å². The maximum atomic E-state index is 13.6. The Morgan fingerprint density at radius 3 is 2.37 bits per heavy atom. The fraction of sp³-hybridized carbons (Fsp3) is 0.269.